The average Bonchev–Trinajstić information content (AvgIpc) is 2.27. The van der Waals surface area contributed by atoms with E-state index in [1.54, 1.807) is 0 Å². The maximum atomic E-state index is 13.3. The normalized spacial score (nSPS) is 28.5. The summed E-state index contributed by atoms with van der Waals surface area (Å²) in [5, 5.41) is 2.52. The Kier molecular flexibility index (Phi) is 3.43. The zero-order chi connectivity index (χ0) is 18.0. The first kappa shape index (κ1) is 17.0. The van der Waals surface area contributed by atoms with Crippen molar-refractivity contribution in [3.8, 4) is 0 Å². The summed E-state index contributed by atoms with van der Waals surface area (Å²) in [7, 11) is -3.75. The van der Waals surface area contributed by atoms with Gasteiger partial charge in [0.25, 0.3) is 5.91 Å². The van der Waals surface area contributed by atoms with E-state index >= 15 is 0 Å². The van der Waals surface area contributed by atoms with Crippen molar-refractivity contribution in [2.24, 2.45) is 5.41 Å². The van der Waals surface area contributed by atoms with Crippen LogP contribution < -0.4 is 10.0 Å². The number of hydrogen-bond donors (Lipinski definition) is 2. The molecule has 0 aromatic heterocycles. The molecule has 2 bridgehead atoms. The van der Waals surface area contributed by atoms with Gasteiger partial charge in [0.1, 0.15) is 5.82 Å². The second-order valence-electron chi connectivity index (χ2n) is 6.61. The highest BCUT2D eigenvalue weighted by molar-refractivity contribution is 7.92. The number of carbonyl (C=O) groups excluding carboxylic acids is 1. The molecule has 0 unspecified atom stereocenters. The summed E-state index contributed by atoms with van der Waals surface area (Å²) < 4.78 is 76.4. The van der Waals surface area contributed by atoms with E-state index in [1.165, 1.54) is 0 Å². The number of carbonyl (C=O) groups is 1. The van der Waals surface area contributed by atoms with Gasteiger partial charge in [-0.15, -0.1) is 0 Å². The maximum absolute atomic E-state index is 13.3. The highest BCUT2D eigenvalue weighted by atomic mass is 32.2. The van der Waals surface area contributed by atoms with Crippen LogP contribution >= 0.6 is 0 Å². The monoisotopic (exact) mass is 366 g/mol. The lowest BCUT2D eigenvalue weighted by molar-refractivity contribution is -0.336. The van der Waals surface area contributed by atoms with E-state index in [0.717, 1.165) is 24.5 Å². The van der Waals surface area contributed by atoms with E-state index in [4.69, 9.17) is 0 Å². The van der Waals surface area contributed by atoms with Crippen LogP contribution in [0.25, 0.3) is 0 Å². The van der Waals surface area contributed by atoms with Crippen LogP contribution in [-0.4, -0.2) is 32.3 Å². The smallest absolute Gasteiger partial charge is 0.346 e. The van der Waals surface area contributed by atoms with Crippen LogP contribution in [0, 0.1) is 11.2 Å². The number of sulfonamides is 1. The molecule has 3 fully saturated rings. The Morgan fingerprint density at radius 3 is 2.29 bits per heavy atom. The summed E-state index contributed by atoms with van der Waals surface area (Å²) in [6.45, 7) is 0. The Morgan fingerprint density at radius 1 is 1.21 bits per heavy atom. The molecule has 10 heteroatoms. The van der Waals surface area contributed by atoms with Crippen LogP contribution in [-0.2, 0) is 10.0 Å². The van der Waals surface area contributed by atoms with Gasteiger partial charge in [-0.2, -0.15) is 13.2 Å². The van der Waals surface area contributed by atoms with Gasteiger partial charge in [0.15, 0.2) is 0 Å². The molecule has 1 amide bonds. The van der Waals surface area contributed by atoms with Crippen LogP contribution in [0.1, 0.15) is 29.6 Å². The Balaban J connectivity index is 1.76. The molecule has 2 N–H and O–H groups in total. The number of halogens is 4. The summed E-state index contributed by atoms with van der Waals surface area (Å²) in [6, 6.07) is 2.90. The highest BCUT2D eigenvalue weighted by Crippen LogP contribution is 2.73. The molecule has 0 heterocycles. The molecule has 0 saturated heterocycles. The summed E-state index contributed by atoms with van der Waals surface area (Å²) in [5.41, 5.74) is -3.03. The van der Waals surface area contributed by atoms with Crippen LogP contribution in [0.15, 0.2) is 18.2 Å². The molecule has 3 aliphatic carbocycles. The van der Waals surface area contributed by atoms with Gasteiger partial charge in [-0.05, 0) is 37.5 Å². The lowest BCUT2D eigenvalue weighted by Gasteiger charge is -2.70. The third-order valence-electron chi connectivity index (χ3n) is 4.53. The molecule has 3 aliphatic rings. The zero-order valence-electron chi connectivity index (χ0n) is 12.5. The Hall–Kier alpha value is -1.84. The minimum absolute atomic E-state index is 0.146. The Morgan fingerprint density at radius 2 is 1.79 bits per heavy atom. The quantitative estimate of drug-likeness (QED) is 0.804. The van der Waals surface area contributed by atoms with E-state index in [9.17, 15) is 30.8 Å². The number of anilines is 1. The Bertz CT molecular complexity index is 800. The molecule has 1 aromatic carbocycles. The number of benzene rings is 1. The Labute approximate surface area is 135 Å². The number of hydrogen-bond acceptors (Lipinski definition) is 3. The molecule has 1 aromatic rings. The molecular formula is C14H14F4N2O3S. The van der Waals surface area contributed by atoms with Crippen LogP contribution in [0.4, 0.5) is 23.2 Å². The standard InChI is InChI=1S/C14H14F4N2O3S/c1-24(22,23)20-10-4-8(15)2-3-9(10)11(21)19-13-5-12(6-13,7-13)14(16,17)18/h2-4,20H,5-7H2,1H3,(H,19,21). The number of alkyl halides is 3. The van der Waals surface area contributed by atoms with Crippen molar-refractivity contribution in [1.29, 1.82) is 0 Å². The average molecular weight is 366 g/mol. The first-order valence-corrected chi connectivity index (χ1v) is 8.91. The fourth-order valence-corrected chi connectivity index (χ4v) is 4.10. The van der Waals surface area contributed by atoms with E-state index < -0.39 is 38.9 Å². The molecule has 3 saturated carbocycles. The third-order valence-corrected chi connectivity index (χ3v) is 5.12. The summed E-state index contributed by atoms with van der Waals surface area (Å²) in [6.07, 6.45) is -4.02. The van der Waals surface area contributed by atoms with Crippen molar-refractivity contribution in [3.05, 3.63) is 29.6 Å². The molecule has 4 rings (SSSR count). The molecule has 5 nitrogen and oxygen atoms in total. The summed E-state index contributed by atoms with van der Waals surface area (Å²) in [4.78, 5) is 12.3. The van der Waals surface area contributed by atoms with Crippen molar-refractivity contribution in [3.63, 3.8) is 0 Å². The lowest BCUT2D eigenvalue weighted by Crippen LogP contribution is -2.78. The maximum Gasteiger partial charge on any atom is 0.394 e. The van der Waals surface area contributed by atoms with Crippen molar-refractivity contribution < 1.29 is 30.8 Å². The molecule has 0 radical (unpaired) electrons. The number of nitrogens with one attached hydrogen (secondary N) is 2. The predicted molar refractivity (Wildman–Crippen MR) is 77.4 cm³/mol. The first-order chi connectivity index (χ1) is 10.8. The van der Waals surface area contributed by atoms with Crippen molar-refractivity contribution in [2.45, 2.75) is 31.0 Å². The van der Waals surface area contributed by atoms with Crippen molar-refractivity contribution in [2.75, 3.05) is 11.0 Å². The molecule has 132 valence electrons. The fraction of sp³-hybridized carbons (Fsp3) is 0.500. The summed E-state index contributed by atoms with van der Waals surface area (Å²) in [5.74, 6) is -1.49. The van der Waals surface area contributed by atoms with Gasteiger partial charge in [0.2, 0.25) is 10.0 Å². The van der Waals surface area contributed by atoms with Gasteiger partial charge < -0.3 is 5.32 Å². The lowest BCUT2D eigenvalue weighted by atomic mass is 9.39. The molecule has 24 heavy (non-hydrogen) atoms. The van der Waals surface area contributed by atoms with Gasteiger partial charge in [0.05, 0.1) is 22.9 Å². The molecule has 0 atom stereocenters. The second kappa shape index (κ2) is 4.84. The number of amides is 1. The summed E-state index contributed by atoms with van der Waals surface area (Å²) >= 11 is 0. The first-order valence-electron chi connectivity index (χ1n) is 7.02. The SMILES string of the molecule is CS(=O)(=O)Nc1cc(F)ccc1C(=O)NC12CC(C(F)(F)F)(C1)C2. The van der Waals surface area contributed by atoms with Gasteiger partial charge in [-0.3, -0.25) is 9.52 Å². The predicted octanol–water partition coefficient (Wildman–Crippen LogP) is 2.41. The zero-order valence-corrected chi connectivity index (χ0v) is 13.3. The van der Waals surface area contributed by atoms with Crippen molar-refractivity contribution in [1.82, 2.24) is 5.32 Å². The second-order valence-corrected chi connectivity index (χ2v) is 8.36. The van der Waals surface area contributed by atoms with Crippen LogP contribution in [0.2, 0.25) is 0 Å². The van der Waals surface area contributed by atoms with E-state index in [-0.39, 0.29) is 30.5 Å². The highest BCUT2D eigenvalue weighted by Gasteiger charge is 2.79. The largest absolute Gasteiger partial charge is 0.394 e. The van der Waals surface area contributed by atoms with E-state index in [1.807, 2.05) is 4.72 Å². The number of rotatable bonds is 4. The van der Waals surface area contributed by atoms with Crippen molar-refractivity contribution >= 4 is 21.6 Å². The van der Waals surface area contributed by atoms with Gasteiger partial charge in [-0.25, -0.2) is 12.8 Å². The fourth-order valence-electron chi connectivity index (χ4n) is 3.53. The van der Waals surface area contributed by atoms with Crippen LogP contribution in [0.3, 0.4) is 0 Å². The van der Waals surface area contributed by atoms with Gasteiger partial charge in [0, 0.05) is 5.54 Å². The molecular weight excluding hydrogens is 352 g/mol. The molecule has 0 aliphatic heterocycles. The minimum atomic E-state index is -4.29. The van der Waals surface area contributed by atoms with Gasteiger partial charge >= 0.3 is 6.18 Å². The van der Waals surface area contributed by atoms with Gasteiger partial charge in [-0.1, -0.05) is 0 Å². The minimum Gasteiger partial charge on any atom is -0.346 e. The van der Waals surface area contributed by atoms with E-state index in [0.29, 0.717) is 0 Å². The van der Waals surface area contributed by atoms with Crippen LogP contribution in [0.5, 0.6) is 0 Å². The molecule has 0 spiro atoms. The van der Waals surface area contributed by atoms with E-state index in [2.05, 4.69) is 5.32 Å². The third kappa shape index (κ3) is 2.72. The topological polar surface area (TPSA) is 75.3 Å².